The van der Waals surface area contributed by atoms with Crippen LogP contribution in [-0.4, -0.2) is 24.1 Å². The fourth-order valence-electron chi connectivity index (χ4n) is 1.55. The van der Waals surface area contributed by atoms with Crippen molar-refractivity contribution in [3.63, 3.8) is 0 Å². The maximum atomic E-state index is 13.6. The number of aromatic nitrogens is 2. The number of anilines is 1. The summed E-state index contributed by atoms with van der Waals surface area (Å²) in [5, 5.41) is 2.91. The topological polar surface area (TPSA) is 47.0 Å². The molecular formula is C12H12FN3O. The van der Waals surface area contributed by atoms with E-state index in [9.17, 15) is 4.39 Å². The van der Waals surface area contributed by atoms with Crippen molar-refractivity contribution in [1.82, 2.24) is 9.97 Å². The molecule has 88 valence electrons. The van der Waals surface area contributed by atoms with E-state index in [1.807, 2.05) is 0 Å². The van der Waals surface area contributed by atoms with E-state index in [-0.39, 0.29) is 5.75 Å². The smallest absolute Gasteiger partial charge is 0.165 e. The standard InChI is InChI=1S/C12H12FN3O/c1-14-12-11(15-5-6-16-12)8-3-4-10(17-2)9(13)7-8/h3-7H,1-2H3,(H,14,16). The molecule has 1 N–H and O–H groups in total. The van der Waals surface area contributed by atoms with Gasteiger partial charge < -0.3 is 10.1 Å². The van der Waals surface area contributed by atoms with Gasteiger partial charge in [0.2, 0.25) is 0 Å². The number of rotatable bonds is 3. The Labute approximate surface area is 98.5 Å². The zero-order valence-corrected chi connectivity index (χ0v) is 9.57. The summed E-state index contributed by atoms with van der Waals surface area (Å²) in [4.78, 5) is 8.30. The Kier molecular flexibility index (Phi) is 3.18. The molecule has 0 saturated heterocycles. The van der Waals surface area contributed by atoms with Crippen LogP contribution in [0.25, 0.3) is 11.3 Å². The highest BCUT2D eigenvalue weighted by molar-refractivity contribution is 5.71. The van der Waals surface area contributed by atoms with E-state index in [2.05, 4.69) is 15.3 Å². The molecule has 0 fully saturated rings. The molecule has 0 amide bonds. The molecule has 2 aromatic rings. The van der Waals surface area contributed by atoms with Gasteiger partial charge in [-0.05, 0) is 18.2 Å². The molecule has 0 spiro atoms. The third-order valence-electron chi connectivity index (χ3n) is 2.36. The van der Waals surface area contributed by atoms with Crippen LogP contribution in [0.15, 0.2) is 30.6 Å². The lowest BCUT2D eigenvalue weighted by Crippen LogP contribution is -1.98. The molecule has 2 rings (SSSR count). The van der Waals surface area contributed by atoms with Crippen LogP contribution in [0, 0.1) is 5.82 Å². The van der Waals surface area contributed by atoms with Crippen LogP contribution < -0.4 is 10.1 Å². The highest BCUT2D eigenvalue weighted by atomic mass is 19.1. The van der Waals surface area contributed by atoms with Crippen LogP contribution in [0.1, 0.15) is 0 Å². The molecule has 0 aliphatic carbocycles. The Morgan fingerprint density at radius 1 is 1.24 bits per heavy atom. The third-order valence-corrected chi connectivity index (χ3v) is 2.36. The predicted molar refractivity (Wildman–Crippen MR) is 63.5 cm³/mol. The zero-order chi connectivity index (χ0) is 12.3. The van der Waals surface area contributed by atoms with Gasteiger partial charge in [0.15, 0.2) is 17.4 Å². The number of benzene rings is 1. The lowest BCUT2D eigenvalue weighted by molar-refractivity contribution is 0.386. The van der Waals surface area contributed by atoms with E-state index in [4.69, 9.17) is 4.74 Å². The minimum absolute atomic E-state index is 0.212. The van der Waals surface area contributed by atoms with Gasteiger partial charge in [0.05, 0.1) is 7.11 Å². The highest BCUT2D eigenvalue weighted by Crippen LogP contribution is 2.27. The van der Waals surface area contributed by atoms with Gasteiger partial charge in [0, 0.05) is 25.0 Å². The van der Waals surface area contributed by atoms with Crippen LogP contribution >= 0.6 is 0 Å². The number of nitrogens with one attached hydrogen (secondary N) is 1. The van der Waals surface area contributed by atoms with Gasteiger partial charge in [-0.15, -0.1) is 0 Å². The summed E-state index contributed by atoms with van der Waals surface area (Å²) >= 11 is 0. The number of hydrogen-bond donors (Lipinski definition) is 1. The molecule has 0 saturated carbocycles. The molecule has 4 nitrogen and oxygen atoms in total. The Morgan fingerprint density at radius 3 is 2.65 bits per heavy atom. The maximum Gasteiger partial charge on any atom is 0.165 e. The average molecular weight is 233 g/mol. The van der Waals surface area contributed by atoms with Gasteiger partial charge in [-0.2, -0.15) is 0 Å². The first-order valence-electron chi connectivity index (χ1n) is 5.09. The second kappa shape index (κ2) is 4.78. The molecule has 5 heteroatoms. The molecule has 0 aliphatic rings. The summed E-state index contributed by atoms with van der Waals surface area (Å²) in [6, 6.07) is 4.69. The molecule has 1 heterocycles. The molecule has 17 heavy (non-hydrogen) atoms. The Morgan fingerprint density at radius 2 is 2.00 bits per heavy atom. The van der Waals surface area contributed by atoms with Gasteiger partial charge in [-0.25, -0.2) is 9.37 Å². The predicted octanol–water partition coefficient (Wildman–Crippen LogP) is 2.33. The summed E-state index contributed by atoms with van der Waals surface area (Å²) in [6.07, 6.45) is 3.15. The third kappa shape index (κ3) is 2.18. The summed E-state index contributed by atoms with van der Waals surface area (Å²) < 4.78 is 18.4. The summed E-state index contributed by atoms with van der Waals surface area (Å²) in [6.45, 7) is 0. The van der Waals surface area contributed by atoms with E-state index in [0.29, 0.717) is 17.1 Å². The molecule has 1 aromatic heterocycles. The minimum atomic E-state index is -0.419. The van der Waals surface area contributed by atoms with E-state index in [1.54, 1.807) is 31.6 Å². The van der Waals surface area contributed by atoms with E-state index in [0.717, 1.165) is 0 Å². The van der Waals surface area contributed by atoms with E-state index < -0.39 is 5.82 Å². The average Bonchev–Trinajstić information content (AvgIpc) is 2.38. The van der Waals surface area contributed by atoms with Crippen LogP contribution in [0.4, 0.5) is 10.2 Å². The Balaban J connectivity index is 2.49. The molecule has 1 aromatic carbocycles. The number of hydrogen-bond acceptors (Lipinski definition) is 4. The van der Waals surface area contributed by atoms with Crippen molar-refractivity contribution in [1.29, 1.82) is 0 Å². The Hall–Kier alpha value is -2.17. The van der Waals surface area contributed by atoms with Crippen molar-refractivity contribution in [2.45, 2.75) is 0 Å². The molecule has 0 bridgehead atoms. The van der Waals surface area contributed by atoms with Crippen LogP contribution in [0.2, 0.25) is 0 Å². The highest BCUT2D eigenvalue weighted by Gasteiger charge is 2.09. The second-order valence-corrected chi connectivity index (χ2v) is 3.35. The van der Waals surface area contributed by atoms with Crippen LogP contribution in [0.5, 0.6) is 5.75 Å². The number of halogens is 1. The van der Waals surface area contributed by atoms with E-state index >= 15 is 0 Å². The summed E-state index contributed by atoms with van der Waals surface area (Å²) in [5.74, 6) is 0.401. The minimum Gasteiger partial charge on any atom is -0.494 e. The molecular weight excluding hydrogens is 221 g/mol. The van der Waals surface area contributed by atoms with Gasteiger partial charge in [0.25, 0.3) is 0 Å². The van der Waals surface area contributed by atoms with Gasteiger partial charge in [-0.1, -0.05) is 0 Å². The summed E-state index contributed by atoms with van der Waals surface area (Å²) in [7, 11) is 3.17. The zero-order valence-electron chi connectivity index (χ0n) is 9.57. The van der Waals surface area contributed by atoms with E-state index in [1.165, 1.54) is 13.2 Å². The molecule has 0 aliphatic heterocycles. The molecule has 0 unspecified atom stereocenters. The number of methoxy groups -OCH3 is 1. The van der Waals surface area contributed by atoms with Gasteiger partial charge >= 0.3 is 0 Å². The largest absolute Gasteiger partial charge is 0.494 e. The fourth-order valence-corrected chi connectivity index (χ4v) is 1.55. The van der Waals surface area contributed by atoms with Crippen molar-refractivity contribution in [2.75, 3.05) is 19.5 Å². The molecule has 0 radical (unpaired) electrons. The Bertz CT molecular complexity index is 531. The fraction of sp³-hybridized carbons (Fsp3) is 0.167. The quantitative estimate of drug-likeness (QED) is 0.883. The van der Waals surface area contributed by atoms with Crippen molar-refractivity contribution in [2.24, 2.45) is 0 Å². The van der Waals surface area contributed by atoms with Crippen LogP contribution in [0.3, 0.4) is 0 Å². The first kappa shape index (κ1) is 11.3. The van der Waals surface area contributed by atoms with Crippen LogP contribution in [-0.2, 0) is 0 Å². The lowest BCUT2D eigenvalue weighted by atomic mass is 10.1. The van der Waals surface area contributed by atoms with Crippen molar-refractivity contribution in [3.8, 4) is 17.0 Å². The normalized spacial score (nSPS) is 10.1. The monoisotopic (exact) mass is 233 g/mol. The van der Waals surface area contributed by atoms with Crippen molar-refractivity contribution < 1.29 is 9.13 Å². The number of nitrogens with zero attached hydrogens (tertiary/aromatic N) is 2. The van der Waals surface area contributed by atoms with Gasteiger partial charge in [0.1, 0.15) is 5.69 Å². The maximum absolute atomic E-state index is 13.6. The molecule has 0 atom stereocenters. The lowest BCUT2D eigenvalue weighted by Gasteiger charge is -2.08. The summed E-state index contributed by atoms with van der Waals surface area (Å²) in [5.41, 5.74) is 1.26. The van der Waals surface area contributed by atoms with Gasteiger partial charge in [-0.3, -0.25) is 4.98 Å². The van der Waals surface area contributed by atoms with Crippen molar-refractivity contribution >= 4 is 5.82 Å². The first-order chi connectivity index (χ1) is 8.26. The first-order valence-corrected chi connectivity index (χ1v) is 5.09. The second-order valence-electron chi connectivity index (χ2n) is 3.35. The number of ether oxygens (including phenoxy) is 1. The van der Waals surface area contributed by atoms with Crippen molar-refractivity contribution in [3.05, 3.63) is 36.4 Å². The SMILES string of the molecule is CNc1nccnc1-c1ccc(OC)c(F)c1.